The molecule has 0 aliphatic carbocycles. The molecule has 0 aliphatic heterocycles. The average Bonchev–Trinajstić information content (AvgIpc) is 2.13. The molecule has 4 nitrogen and oxygen atoms in total. The zero-order chi connectivity index (χ0) is 11.4. The fourth-order valence-electron chi connectivity index (χ4n) is 1.33. The smallest absolute Gasteiger partial charge is 0.326 e. The van der Waals surface area contributed by atoms with Crippen LogP contribution < -0.4 is 5.32 Å². The second-order valence-electron chi connectivity index (χ2n) is 3.89. The van der Waals surface area contributed by atoms with E-state index >= 15 is 0 Å². The fraction of sp³-hybridized carbons (Fsp3) is 0.455. The lowest BCUT2D eigenvalue weighted by atomic mass is 10.0. The Morgan fingerprint density at radius 2 is 2.20 bits per heavy atom. The van der Waals surface area contributed by atoms with Crippen LogP contribution in [0.25, 0.3) is 0 Å². The zero-order valence-corrected chi connectivity index (χ0v) is 9.19. The van der Waals surface area contributed by atoms with Gasteiger partial charge in [0, 0.05) is 17.6 Å². The van der Waals surface area contributed by atoms with E-state index < -0.39 is 12.0 Å². The van der Waals surface area contributed by atoms with Crippen LogP contribution in [0.3, 0.4) is 0 Å². The molecule has 0 saturated carbocycles. The number of hydrogen-bond donors (Lipinski definition) is 2. The lowest BCUT2D eigenvalue weighted by Crippen LogP contribution is -2.34. The molecule has 0 spiro atoms. The molecule has 1 aromatic rings. The van der Waals surface area contributed by atoms with E-state index in [0.717, 1.165) is 11.4 Å². The third-order valence-electron chi connectivity index (χ3n) is 2.15. The van der Waals surface area contributed by atoms with Gasteiger partial charge in [-0.1, -0.05) is 13.8 Å². The van der Waals surface area contributed by atoms with Crippen molar-refractivity contribution in [3.63, 3.8) is 0 Å². The topological polar surface area (TPSA) is 62.2 Å². The van der Waals surface area contributed by atoms with Crippen LogP contribution in [-0.2, 0) is 4.79 Å². The van der Waals surface area contributed by atoms with E-state index in [9.17, 15) is 4.79 Å². The number of nitrogens with zero attached hydrogens (tertiary/aromatic N) is 1. The average molecular weight is 208 g/mol. The van der Waals surface area contributed by atoms with Crippen molar-refractivity contribution < 1.29 is 9.90 Å². The SMILES string of the molecule is Cc1cc(NC(C(=O)O)C(C)C)ccn1. The molecule has 0 fully saturated rings. The predicted octanol–water partition coefficient (Wildman–Crippen LogP) is 1.91. The molecule has 0 radical (unpaired) electrons. The Hall–Kier alpha value is -1.58. The second-order valence-corrected chi connectivity index (χ2v) is 3.89. The van der Waals surface area contributed by atoms with Crippen LogP contribution in [-0.4, -0.2) is 22.1 Å². The highest BCUT2D eigenvalue weighted by Crippen LogP contribution is 2.13. The largest absolute Gasteiger partial charge is 0.480 e. The first-order chi connectivity index (χ1) is 7.00. The summed E-state index contributed by atoms with van der Waals surface area (Å²) in [5.41, 5.74) is 1.66. The normalized spacial score (nSPS) is 12.5. The Morgan fingerprint density at radius 3 is 2.67 bits per heavy atom. The van der Waals surface area contributed by atoms with Gasteiger partial charge in [-0.15, -0.1) is 0 Å². The fourth-order valence-corrected chi connectivity index (χ4v) is 1.33. The molecule has 1 unspecified atom stereocenters. The lowest BCUT2D eigenvalue weighted by molar-refractivity contribution is -0.138. The highest BCUT2D eigenvalue weighted by molar-refractivity contribution is 5.77. The number of pyridine rings is 1. The molecule has 4 heteroatoms. The number of aryl methyl sites for hydroxylation is 1. The van der Waals surface area contributed by atoms with Gasteiger partial charge in [0.2, 0.25) is 0 Å². The van der Waals surface area contributed by atoms with Gasteiger partial charge in [0.25, 0.3) is 0 Å². The summed E-state index contributed by atoms with van der Waals surface area (Å²) < 4.78 is 0. The Kier molecular flexibility index (Phi) is 3.66. The molecular formula is C11H16N2O2. The van der Waals surface area contributed by atoms with Gasteiger partial charge in [0.05, 0.1) is 0 Å². The number of aromatic nitrogens is 1. The van der Waals surface area contributed by atoms with Gasteiger partial charge in [0.15, 0.2) is 0 Å². The van der Waals surface area contributed by atoms with Gasteiger partial charge in [-0.3, -0.25) is 4.98 Å². The van der Waals surface area contributed by atoms with Crippen molar-refractivity contribution in [2.45, 2.75) is 26.8 Å². The minimum Gasteiger partial charge on any atom is -0.480 e. The monoisotopic (exact) mass is 208 g/mol. The van der Waals surface area contributed by atoms with Gasteiger partial charge in [-0.05, 0) is 25.0 Å². The first kappa shape index (κ1) is 11.5. The molecule has 2 N–H and O–H groups in total. The number of hydrogen-bond acceptors (Lipinski definition) is 3. The van der Waals surface area contributed by atoms with Crippen LogP contribution >= 0.6 is 0 Å². The molecule has 0 aromatic carbocycles. The third kappa shape index (κ3) is 3.23. The van der Waals surface area contributed by atoms with Gasteiger partial charge in [-0.25, -0.2) is 4.79 Å². The van der Waals surface area contributed by atoms with E-state index in [1.165, 1.54) is 0 Å². The van der Waals surface area contributed by atoms with Crippen molar-refractivity contribution in [1.29, 1.82) is 0 Å². The van der Waals surface area contributed by atoms with E-state index in [1.54, 1.807) is 12.3 Å². The van der Waals surface area contributed by atoms with Gasteiger partial charge < -0.3 is 10.4 Å². The molecule has 0 aliphatic rings. The van der Waals surface area contributed by atoms with Crippen molar-refractivity contribution in [2.75, 3.05) is 5.32 Å². The van der Waals surface area contributed by atoms with Crippen molar-refractivity contribution in [3.8, 4) is 0 Å². The van der Waals surface area contributed by atoms with Gasteiger partial charge in [-0.2, -0.15) is 0 Å². The number of nitrogens with one attached hydrogen (secondary N) is 1. The second kappa shape index (κ2) is 4.77. The molecule has 1 rings (SSSR count). The first-order valence-electron chi connectivity index (χ1n) is 4.92. The Morgan fingerprint density at radius 1 is 1.53 bits per heavy atom. The van der Waals surface area contributed by atoms with Crippen molar-refractivity contribution in [1.82, 2.24) is 4.98 Å². The van der Waals surface area contributed by atoms with Crippen molar-refractivity contribution in [3.05, 3.63) is 24.0 Å². The van der Waals surface area contributed by atoms with Crippen molar-refractivity contribution in [2.24, 2.45) is 5.92 Å². The number of carboxylic acid groups (broad SMARTS) is 1. The zero-order valence-electron chi connectivity index (χ0n) is 9.19. The molecule has 15 heavy (non-hydrogen) atoms. The maximum absolute atomic E-state index is 11.0. The van der Waals surface area contributed by atoms with Gasteiger partial charge in [0.1, 0.15) is 6.04 Å². The minimum absolute atomic E-state index is 0.0379. The van der Waals surface area contributed by atoms with Crippen LogP contribution in [0.2, 0.25) is 0 Å². The summed E-state index contributed by atoms with van der Waals surface area (Å²) in [6.07, 6.45) is 1.66. The summed E-state index contributed by atoms with van der Waals surface area (Å²) in [5, 5.41) is 12.0. The molecular weight excluding hydrogens is 192 g/mol. The quantitative estimate of drug-likeness (QED) is 0.793. The minimum atomic E-state index is -0.834. The lowest BCUT2D eigenvalue weighted by Gasteiger charge is -2.19. The van der Waals surface area contributed by atoms with E-state index in [1.807, 2.05) is 26.8 Å². The molecule has 0 amide bonds. The molecule has 1 atom stereocenters. The van der Waals surface area contributed by atoms with E-state index in [-0.39, 0.29) is 5.92 Å². The molecule has 0 saturated heterocycles. The summed E-state index contributed by atoms with van der Waals surface area (Å²) >= 11 is 0. The van der Waals surface area contributed by atoms with E-state index in [0.29, 0.717) is 0 Å². The van der Waals surface area contributed by atoms with E-state index in [2.05, 4.69) is 10.3 Å². The summed E-state index contributed by atoms with van der Waals surface area (Å²) in [4.78, 5) is 15.0. The third-order valence-corrected chi connectivity index (χ3v) is 2.15. The Bertz CT molecular complexity index is 350. The molecule has 0 bridgehead atoms. The summed E-state index contributed by atoms with van der Waals surface area (Å²) in [7, 11) is 0. The van der Waals surface area contributed by atoms with Crippen LogP contribution in [0, 0.1) is 12.8 Å². The molecule has 1 heterocycles. The molecule has 82 valence electrons. The van der Waals surface area contributed by atoms with Crippen LogP contribution in [0.1, 0.15) is 19.5 Å². The number of rotatable bonds is 4. The van der Waals surface area contributed by atoms with E-state index in [4.69, 9.17) is 5.11 Å². The maximum atomic E-state index is 11.0. The standard InChI is InChI=1S/C11H16N2O2/c1-7(2)10(11(14)15)13-9-4-5-12-8(3)6-9/h4-7,10H,1-3H3,(H,12,13)(H,14,15). The predicted molar refractivity (Wildman–Crippen MR) is 58.9 cm³/mol. The van der Waals surface area contributed by atoms with Crippen LogP contribution in [0.15, 0.2) is 18.3 Å². The summed E-state index contributed by atoms with van der Waals surface area (Å²) in [6, 6.07) is 3.04. The first-order valence-corrected chi connectivity index (χ1v) is 4.92. The number of carboxylic acids is 1. The highest BCUT2D eigenvalue weighted by Gasteiger charge is 2.20. The Balaban J connectivity index is 2.79. The van der Waals surface area contributed by atoms with Crippen LogP contribution in [0.5, 0.6) is 0 Å². The highest BCUT2D eigenvalue weighted by atomic mass is 16.4. The molecule has 1 aromatic heterocycles. The summed E-state index contributed by atoms with van der Waals surface area (Å²) in [5.74, 6) is -0.796. The van der Waals surface area contributed by atoms with Gasteiger partial charge >= 0.3 is 5.97 Å². The number of anilines is 1. The Labute approximate surface area is 89.3 Å². The van der Waals surface area contributed by atoms with Crippen molar-refractivity contribution >= 4 is 11.7 Å². The maximum Gasteiger partial charge on any atom is 0.326 e. The van der Waals surface area contributed by atoms with Crippen LogP contribution in [0.4, 0.5) is 5.69 Å². The number of carbonyl (C=O) groups is 1. The summed E-state index contributed by atoms with van der Waals surface area (Å²) in [6.45, 7) is 5.62. The number of aliphatic carboxylic acids is 1.